The maximum Gasteiger partial charge on any atom is 0.345 e. The van der Waals surface area contributed by atoms with Gasteiger partial charge in [-0.2, -0.15) is 11.8 Å². The quantitative estimate of drug-likeness (QED) is 0.716. The van der Waals surface area contributed by atoms with Gasteiger partial charge in [0.15, 0.2) is 0 Å². The van der Waals surface area contributed by atoms with Gasteiger partial charge in [0.2, 0.25) is 0 Å². The SMILES string of the molecule is CSCC(C)(O)CNCc1cc(C(=O)O)sc1C. The first-order chi connectivity index (χ1) is 8.35. The standard InChI is InChI=1S/C12H19NO3S2/c1-8-9(4-10(18-8)11(14)15)5-13-6-12(2,16)7-17-3/h4,13,16H,5-7H2,1-3H3,(H,14,15). The average Bonchev–Trinajstić information content (AvgIpc) is 2.60. The molecule has 0 aromatic carbocycles. The first-order valence-electron chi connectivity index (χ1n) is 5.60. The highest BCUT2D eigenvalue weighted by atomic mass is 32.2. The van der Waals surface area contributed by atoms with Gasteiger partial charge >= 0.3 is 5.97 Å². The molecule has 3 N–H and O–H groups in total. The van der Waals surface area contributed by atoms with Crippen LogP contribution in [-0.4, -0.2) is 40.3 Å². The first-order valence-corrected chi connectivity index (χ1v) is 7.81. The lowest BCUT2D eigenvalue weighted by molar-refractivity contribution is 0.0701. The molecule has 18 heavy (non-hydrogen) atoms. The Kier molecular flexibility index (Phi) is 5.65. The zero-order chi connectivity index (χ0) is 13.8. The summed E-state index contributed by atoms with van der Waals surface area (Å²) in [4.78, 5) is 12.2. The number of thiophene rings is 1. The number of nitrogens with one attached hydrogen (secondary N) is 1. The van der Waals surface area contributed by atoms with Crippen molar-refractivity contribution >= 4 is 29.1 Å². The Labute approximate surface area is 115 Å². The van der Waals surface area contributed by atoms with E-state index >= 15 is 0 Å². The summed E-state index contributed by atoms with van der Waals surface area (Å²) in [5.41, 5.74) is 0.247. The molecule has 0 saturated carbocycles. The van der Waals surface area contributed by atoms with E-state index in [1.165, 1.54) is 11.3 Å². The van der Waals surface area contributed by atoms with Crippen molar-refractivity contribution < 1.29 is 15.0 Å². The molecule has 1 rings (SSSR count). The molecule has 0 amide bonds. The van der Waals surface area contributed by atoms with Gasteiger partial charge in [-0.1, -0.05) is 0 Å². The van der Waals surface area contributed by atoms with E-state index in [0.29, 0.717) is 23.7 Å². The van der Waals surface area contributed by atoms with Crippen molar-refractivity contribution in [2.45, 2.75) is 26.0 Å². The summed E-state index contributed by atoms with van der Waals surface area (Å²) in [6.07, 6.45) is 1.95. The molecule has 0 bridgehead atoms. The van der Waals surface area contributed by atoms with E-state index in [2.05, 4.69) is 5.32 Å². The molecule has 1 unspecified atom stereocenters. The molecule has 0 radical (unpaired) electrons. The number of aryl methyl sites for hydroxylation is 1. The topological polar surface area (TPSA) is 69.6 Å². The molecule has 1 heterocycles. The summed E-state index contributed by atoms with van der Waals surface area (Å²) in [5.74, 6) is -0.216. The molecular weight excluding hydrogens is 270 g/mol. The molecule has 1 aromatic heterocycles. The summed E-state index contributed by atoms with van der Waals surface area (Å²) in [7, 11) is 0. The third kappa shape index (κ3) is 4.61. The summed E-state index contributed by atoms with van der Waals surface area (Å²) in [5, 5.41) is 22.0. The van der Waals surface area contributed by atoms with E-state index in [9.17, 15) is 9.90 Å². The number of carboxylic acids is 1. The molecule has 0 aliphatic carbocycles. The van der Waals surface area contributed by atoms with Crippen LogP contribution in [0.2, 0.25) is 0 Å². The van der Waals surface area contributed by atoms with E-state index in [4.69, 9.17) is 5.11 Å². The lowest BCUT2D eigenvalue weighted by Crippen LogP contribution is -2.39. The molecule has 0 aliphatic heterocycles. The second-order valence-electron chi connectivity index (χ2n) is 4.53. The zero-order valence-corrected chi connectivity index (χ0v) is 12.5. The second-order valence-corrected chi connectivity index (χ2v) is 6.65. The Morgan fingerprint density at radius 3 is 2.78 bits per heavy atom. The largest absolute Gasteiger partial charge is 0.477 e. The first kappa shape index (κ1) is 15.5. The van der Waals surface area contributed by atoms with E-state index in [-0.39, 0.29) is 0 Å². The van der Waals surface area contributed by atoms with Crippen molar-refractivity contribution in [1.29, 1.82) is 0 Å². The molecule has 1 aromatic rings. The van der Waals surface area contributed by atoms with Crippen LogP contribution in [0.5, 0.6) is 0 Å². The molecule has 0 spiro atoms. The third-order valence-corrected chi connectivity index (χ3v) is 4.50. The van der Waals surface area contributed by atoms with Crippen molar-refractivity contribution in [2.75, 3.05) is 18.6 Å². The van der Waals surface area contributed by atoms with Gasteiger partial charge in [0.1, 0.15) is 4.88 Å². The van der Waals surface area contributed by atoms with Crippen LogP contribution >= 0.6 is 23.1 Å². The van der Waals surface area contributed by atoms with Crippen molar-refractivity contribution in [3.05, 3.63) is 21.4 Å². The Balaban J connectivity index is 2.51. The van der Waals surface area contributed by atoms with Gasteiger partial charge in [-0.05, 0) is 31.7 Å². The van der Waals surface area contributed by atoms with Crippen LogP contribution < -0.4 is 5.32 Å². The maximum atomic E-state index is 10.8. The van der Waals surface area contributed by atoms with Crippen molar-refractivity contribution in [1.82, 2.24) is 5.32 Å². The fourth-order valence-electron chi connectivity index (χ4n) is 1.63. The van der Waals surface area contributed by atoms with E-state index in [1.54, 1.807) is 24.8 Å². The molecule has 0 saturated heterocycles. The van der Waals surface area contributed by atoms with Crippen LogP contribution in [0.3, 0.4) is 0 Å². The monoisotopic (exact) mass is 289 g/mol. The Bertz CT molecular complexity index is 415. The number of carboxylic acid groups (broad SMARTS) is 1. The number of aromatic carboxylic acids is 1. The van der Waals surface area contributed by atoms with Crippen molar-refractivity contribution in [2.24, 2.45) is 0 Å². The highest BCUT2D eigenvalue weighted by Crippen LogP contribution is 2.21. The second kappa shape index (κ2) is 6.56. The maximum absolute atomic E-state index is 10.8. The minimum Gasteiger partial charge on any atom is -0.477 e. The molecule has 1 atom stereocenters. The van der Waals surface area contributed by atoms with Gasteiger partial charge in [-0.3, -0.25) is 0 Å². The minimum absolute atomic E-state index is 0.361. The van der Waals surface area contributed by atoms with Crippen LogP contribution in [-0.2, 0) is 6.54 Å². The lowest BCUT2D eigenvalue weighted by Gasteiger charge is -2.22. The predicted molar refractivity (Wildman–Crippen MR) is 76.7 cm³/mol. The molecule has 6 heteroatoms. The van der Waals surface area contributed by atoms with Crippen LogP contribution in [0.25, 0.3) is 0 Å². The van der Waals surface area contributed by atoms with E-state index in [0.717, 1.165) is 10.4 Å². The molecule has 0 aliphatic rings. The van der Waals surface area contributed by atoms with Gasteiger partial charge in [0.25, 0.3) is 0 Å². The highest BCUT2D eigenvalue weighted by Gasteiger charge is 2.19. The third-order valence-electron chi connectivity index (χ3n) is 2.51. The fraction of sp³-hybridized carbons (Fsp3) is 0.583. The van der Waals surface area contributed by atoms with Gasteiger partial charge in [0.05, 0.1) is 5.60 Å². The molecule has 102 valence electrons. The molecular formula is C12H19NO3S2. The predicted octanol–water partition coefficient (Wildman–Crippen LogP) is 1.96. The number of hydrogen-bond donors (Lipinski definition) is 3. The average molecular weight is 289 g/mol. The Hall–Kier alpha value is -0.560. The zero-order valence-electron chi connectivity index (χ0n) is 10.8. The number of hydrogen-bond acceptors (Lipinski definition) is 5. The summed E-state index contributed by atoms with van der Waals surface area (Å²) in [6.45, 7) is 4.78. The summed E-state index contributed by atoms with van der Waals surface area (Å²) >= 11 is 2.88. The van der Waals surface area contributed by atoms with Crippen molar-refractivity contribution in [3.63, 3.8) is 0 Å². The van der Waals surface area contributed by atoms with Crippen LogP contribution in [0.4, 0.5) is 0 Å². The smallest absolute Gasteiger partial charge is 0.345 e. The fourth-order valence-corrected chi connectivity index (χ4v) is 3.23. The number of carbonyl (C=O) groups is 1. The molecule has 0 fully saturated rings. The number of thioether (sulfide) groups is 1. The summed E-state index contributed by atoms with van der Waals surface area (Å²) < 4.78 is 0. The normalized spacial score (nSPS) is 14.4. The van der Waals surface area contributed by atoms with Gasteiger partial charge in [-0.25, -0.2) is 4.79 Å². The van der Waals surface area contributed by atoms with Gasteiger partial charge in [0, 0.05) is 23.7 Å². The van der Waals surface area contributed by atoms with Crippen LogP contribution in [0.15, 0.2) is 6.07 Å². The van der Waals surface area contributed by atoms with Crippen molar-refractivity contribution in [3.8, 4) is 0 Å². The van der Waals surface area contributed by atoms with E-state index < -0.39 is 11.6 Å². The van der Waals surface area contributed by atoms with Crippen LogP contribution in [0, 0.1) is 6.92 Å². The number of aliphatic hydroxyl groups is 1. The van der Waals surface area contributed by atoms with E-state index in [1.807, 2.05) is 13.2 Å². The number of rotatable bonds is 7. The minimum atomic E-state index is -0.885. The Morgan fingerprint density at radius 2 is 2.28 bits per heavy atom. The highest BCUT2D eigenvalue weighted by molar-refractivity contribution is 7.98. The van der Waals surface area contributed by atoms with Gasteiger partial charge < -0.3 is 15.5 Å². The lowest BCUT2D eigenvalue weighted by atomic mass is 10.1. The summed E-state index contributed by atoms with van der Waals surface area (Å²) in [6, 6.07) is 1.69. The Morgan fingerprint density at radius 1 is 1.61 bits per heavy atom. The van der Waals surface area contributed by atoms with Gasteiger partial charge in [-0.15, -0.1) is 11.3 Å². The molecule has 4 nitrogen and oxygen atoms in total. The van der Waals surface area contributed by atoms with Crippen LogP contribution in [0.1, 0.15) is 27.0 Å².